The lowest BCUT2D eigenvalue weighted by Gasteiger charge is -2.10. The van der Waals surface area contributed by atoms with Crippen molar-refractivity contribution in [3.8, 4) is 34.2 Å². The Morgan fingerprint density at radius 3 is 1.82 bits per heavy atom. The van der Waals surface area contributed by atoms with Gasteiger partial charge in [0.05, 0.1) is 16.3 Å². The molecule has 0 bridgehead atoms. The van der Waals surface area contributed by atoms with Crippen LogP contribution in [0.2, 0.25) is 0 Å². The van der Waals surface area contributed by atoms with Crippen molar-refractivity contribution in [2.45, 2.75) is 6.92 Å². The molecule has 0 aliphatic heterocycles. The first-order valence-electron chi connectivity index (χ1n) is 18.6. The Hall–Kier alpha value is -7.00. The third-order valence-corrected chi connectivity index (χ3v) is 12.5. The van der Waals surface area contributed by atoms with Crippen molar-refractivity contribution in [1.29, 1.82) is 5.41 Å². The molecule has 0 unspecified atom stereocenters. The third kappa shape index (κ3) is 6.21. The Labute approximate surface area is 336 Å². The number of furan rings is 1. The summed E-state index contributed by atoms with van der Waals surface area (Å²) >= 11 is 3.38. The molecular weight excluding hydrogens is 739 g/mol. The maximum absolute atomic E-state index is 8.68. The van der Waals surface area contributed by atoms with E-state index in [0.717, 1.165) is 59.2 Å². The highest BCUT2D eigenvalue weighted by Gasteiger charge is 2.19. The molecule has 11 rings (SSSR count). The van der Waals surface area contributed by atoms with E-state index in [2.05, 4.69) is 43.3 Å². The maximum atomic E-state index is 8.68. The maximum Gasteiger partial charge on any atom is 0.164 e. The van der Waals surface area contributed by atoms with Gasteiger partial charge >= 0.3 is 0 Å². The Morgan fingerprint density at radius 1 is 0.526 bits per heavy atom. The molecule has 0 aliphatic carbocycles. The van der Waals surface area contributed by atoms with Crippen LogP contribution in [0.1, 0.15) is 16.0 Å². The summed E-state index contributed by atoms with van der Waals surface area (Å²) in [4.78, 5) is 15.5. The fourth-order valence-corrected chi connectivity index (χ4v) is 9.72. The summed E-state index contributed by atoms with van der Waals surface area (Å²) in [5.74, 6) is 2.07. The summed E-state index contributed by atoms with van der Waals surface area (Å²) in [5.41, 5.74) is 14.3. The highest BCUT2D eigenvalue weighted by molar-refractivity contribution is 7.26. The standard InChI is InChI=1S/C28H19N3S.C21H14N2OS/c1-18-10-8-16-22-24(18)25-21(15-9-17-23(25)32-22)28-30-26(19-11-4-2-5-12-19)29-27(31-28)20-13-6-3-7-14-20;22-19(21-20(23)14-6-2-4-8-18(14)25-21)12-9-10-17-15(11-12)13-5-1-3-7-16(13)24-17/h2-17H,1H3;1-11,22H,23H2. The lowest BCUT2D eigenvalue weighted by atomic mass is 10.0. The number of hydrogen-bond donors (Lipinski definition) is 2. The Balaban J connectivity index is 0.000000143. The lowest BCUT2D eigenvalue weighted by molar-refractivity contribution is 0.669. The van der Waals surface area contributed by atoms with Crippen molar-refractivity contribution in [1.82, 2.24) is 15.0 Å². The zero-order valence-electron chi connectivity index (χ0n) is 30.7. The molecule has 57 heavy (non-hydrogen) atoms. The smallest absolute Gasteiger partial charge is 0.164 e. The molecule has 0 spiro atoms. The second-order valence-corrected chi connectivity index (χ2v) is 15.9. The lowest BCUT2D eigenvalue weighted by Crippen LogP contribution is -2.01. The second kappa shape index (κ2) is 14.3. The number of para-hydroxylation sites is 1. The van der Waals surface area contributed by atoms with Crippen LogP contribution >= 0.6 is 22.7 Å². The Kier molecular flexibility index (Phi) is 8.62. The molecular formula is C49H33N5OS2. The van der Waals surface area contributed by atoms with E-state index in [1.165, 1.54) is 25.7 Å². The molecule has 6 nitrogen and oxygen atoms in total. The number of thiophene rings is 2. The normalized spacial score (nSPS) is 11.4. The van der Waals surface area contributed by atoms with Gasteiger partial charge in [-0.3, -0.25) is 5.41 Å². The van der Waals surface area contributed by atoms with E-state index in [-0.39, 0.29) is 0 Å². The van der Waals surface area contributed by atoms with E-state index in [0.29, 0.717) is 28.9 Å². The van der Waals surface area contributed by atoms with E-state index < -0.39 is 0 Å². The summed E-state index contributed by atoms with van der Waals surface area (Å²) in [7, 11) is 0. The van der Waals surface area contributed by atoms with Crippen LogP contribution < -0.4 is 5.73 Å². The zero-order chi connectivity index (χ0) is 38.5. The number of nitrogens with two attached hydrogens (primary N) is 1. The molecule has 3 N–H and O–H groups in total. The van der Waals surface area contributed by atoms with Gasteiger partial charge < -0.3 is 10.2 Å². The highest BCUT2D eigenvalue weighted by Crippen LogP contribution is 2.41. The quantitative estimate of drug-likeness (QED) is 0.170. The number of benzene rings is 7. The number of rotatable bonds is 5. The van der Waals surface area contributed by atoms with E-state index in [4.69, 9.17) is 30.5 Å². The third-order valence-electron chi connectivity index (χ3n) is 10.2. The van der Waals surface area contributed by atoms with E-state index in [1.807, 2.05) is 139 Å². The molecule has 0 amide bonds. The summed E-state index contributed by atoms with van der Waals surface area (Å²) in [6.07, 6.45) is 0. The number of anilines is 1. The topological polar surface area (TPSA) is 102 Å². The van der Waals surface area contributed by atoms with Crippen LogP contribution in [0.25, 0.3) is 86.4 Å². The highest BCUT2D eigenvalue weighted by atomic mass is 32.1. The fraction of sp³-hybridized carbons (Fsp3) is 0.0204. The summed E-state index contributed by atoms with van der Waals surface area (Å²) in [6.45, 7) is 2.17. The van der Waals surface area contributed by atoms with Gasteiger partial charge in [0.2, 0.25) is 0 Å². The van der Waals surface area contributed by atoms with E-state index in [1.54, 1.807) is 11.3 Å². The predicted molar refractivity (Wildman–Crippen MR) is 240 cm³/mol. The minimum Gasteiger partial charge on any atom is -0.456 e. The number of nitrogens with one attached hydrogen (secondary N) is 1. The first kappa shape index (κ1) is 34.5. The van der Waals surface area contributed by atoms with Gasteiger partial charge in [-0.05, 0) is 55.0 Å². The molecule has 11 aromatic rings. The number of hydrogen-bond acceptors (Lipinski definition) is 8. The monoisotopic (exact) mass is 771 g/mol. The van der Waals surface area contributed by atoms with Crippen molar-refractivity contribution >= 4 is 86.3 Å². The van der Waals surface area contributed by atoms with Crippen LogP contribution in [-0.4, -0.2) is 20.7 Å². The van der Waals surface area contributed by atoms with Gasteiger partial charge in [-0.15, -0.1) is 22.7 Å². The summed E-state index contributed by atoms with van der Waals surface area (Å²) < 4.78 is 9.51. The van der Waals surface area contributed by atoms with Gasteiger partial charge in [0.1, 0.15) is 11.2 Å². The van der Waals surface area contributed by atoms with Gasteiger partial charge in [-0.25, -0.2) is 15.0 Å². The number of aryl methyl sites for hydroxylation is 1. The molecule has 0 saturated carbocycles. The van der Waals surface area contributed by atoms with Gasteiger partial charge in [0.25, 0.3) is 0 Å². The average molecular weight is 772 g/mol. The SMILES string of the molecule is Cc1cccc2sc3cccc(-c4nc(-c5ccccc5)nc(-c5ccccc5)n4)c3c12.N=C(c1ccc2oc3ccccc3c2c1)c1sc2ccccc2c1N. The van der Waals surface area contributed by atoms with E-state index in [9.17, 15) is 0 Å². The number of aromatic nitrogens is 3. The van der Waals surface area contributed by atoms with Crippen molar-refractivity contribution < 1.29 is 4.42 Å². The molecule has 0 atom stereocenters. The van der Waals surface area contributed by atoms with Crippen LogP contribution in [0.4, 0.5) is 5.69 Å². The summed E-state index contributed by atoms with van der Waals surface area (Å²) in [6, 6.07) is 55.0. The van der Waals surface area contributed by atoms with Crippen LogP contribution in [0.3, 0.4) is 0 Å². The second-order valence-electron chi connectivity index (χ2n) is 13.8. The molecule has 272 valence electrons. The Bertz CT molecular complexity index is 3240. The molecule has 4 heterocycles. The number of nitrogen functional groups attached to an aromatic ring is 1. The minimum absolute atomic E-state index is 0.450. The number of nitrogens with zero attached hydrogens (tertiary/aromatic N) is 3. The Morgan fingerprint density at radius 2 is 1.11 bits per heavy atom. The molecule has 4 aromatic heterocycles. The van der Waals surface area contributed by atoms with Crippen molar-refractivity contribution in [3.63, 3.8) is 0 Å². The van der Waals surface area contributed by atoms with Crippen molar-refractivity contribution in [2.75, 3.05) is 5.73 Å². The molecule has 0 aliphatic rings. The van der Waals surface area contributed by atoms with Gasteiger partial charge in [-0.2, -0.15) is 0 Å². The first-order chi connectivity index (χ1) is 28.0. The molecule has 0 radical (unpaired) electrons. The predicted octanol–water partition coefficient (Wildman–Crippen LogP) is 13.3. The fourth-order valence-electron chi connectivity index (χ4n) is 7.42. The van der Waals surface area contributed by atoms with Gasteiger partial charge in [0.15, 0.2) is 17.5 Å². The summed E-state index contributed by atoms with van der Waals surface area (Å²) in [5, 5.41) is 14.3. The van der Waals surface area contributed by atoms with Crippen molar-refractivity contribution in [3.05, 3.63) is 180 Å². The van der Waals surface area contributed by atoms with Crippen LogP contribution in [-0.2, 0) is 0 Å². The van der Waals surface area contributed by atoms with Crippen LogP contribution in [0, 0.1) is 12.3 Å². The largest absolute Gasteiger partial charge is 0.456 e. The molecule has 0 saturated heterocycles. The zero-order valence-corrected chi connectivity index (χ0v) is 32.4. The van der Waals surface area contributed by atoms with Gasteiger partial charge in [-0.1, -0.05) is 121 Å². The molecule has 8 heteroatoms. The minimum atomic E-state index is 0.450. The van der Waals surface area contributed by atoms with E-state index >= 15 is 0 Å². The van der Waals surface area contributed by atoms with Gasteiger partial charge in [0, 0.05) is 63.3 Å². The van der Waals surface area contributed by atoms with Crippen LogP contribution in [0.15, 0.2) is 168 Å². The molecule has 0 fully saturated rings. The van der Waals surface area contributed by atoms with Crippen molar-refractivity contribution in [2.24, 2.45) is 0 Å². The van der Waals surface area contributed by atoms with Crippen LogP contribution in [0.5, 0.6) is 0 Å². The average Bonchev–Trinajstić information content (AvgIpc) is 3.95. The first-order valence-corrected chi connectivity index (χ1v) is 20.2. The molecule has 7 aromatic carbocycles. The number of fused-ring (bicyclic) bond motifs is 7.